The third-order valence-corrected chi connectivity index (χ3v) is 7.68. The van der Waals surface area contributed by atoms with Gasteiger partial charge in [0.05, 0.1) is 28.2 Å². The van der Waals surface area contributed by atoms with Crippen molar-refractivity contribution in [1.82, 2.24) is 9.66 Å². The molecule has 3 aromatic rings. The molecule has 0 aliphatic heterocycles. The summed E-state index contributed by atoms with van der Waals surface area (Å²) in [6, 6.07) is 7.07. The van der Waals surface area contributed by atoms with Crippen LogP contribution in [0.4, 0.5) is 0 Å². The first-order valence-corrected chi connectivity index (χ1v) is 13.4. The van der Waals surface area contributed by atoms with Gasteiger partial charge in [-0.15, -0.1) is 0 Å². The van der Waals surface area contributed by atoms with Gasteiger partial charge in [0.15, 0.2) is 17.6 Å². The van der Waals surface area contributed by atoms with Crippen LogP contribution in [-0.2, 0) is 11.2 Å². The van der Waals surface area contributed by atoms with Gasteiger partial charge in [0, 0.05) is 20.9 Å². The SMILES string of the molecule is CCCCc1nc2ccc(Br)cc2c(=O)n1N=Cc1cc(OCC)c(O[C@H](C)C(=O)O)c(Br)c1Br. The number of aliphatic carboxylic acids is 1. The number of ether oxygens (including phenoxy) is 2. The molecule has 0 aliphatic carbocycles. The topological polar surface area (TPSA) is 103 Å². The smallest absolute Gasteiger partial charge is 0.344 e. The highest BCUT2D eigenvalue weighted by Crippen LogP contribution is 2.43. The molecule has 35 heavy (non-hydrogen) atoms. The highest BCUT2D eigenvalue weighted by molar-refractivity contribution is 9.13. The van der Waals surface area contributed by atoms with Gasteiger partial charge in [0.1, 0.15) is 5.82 Å². The summed E-state index contributed by atoms with van der Waals surface area (Å²) in [6.45, 7) is 5.66. The lowest BCUT2D eigenvalue weighted by molar-refractivity contribution is -0.144. The Morgan fingerprint density at radius 1 is 1.23 bits per heavy atom. The number of halogens is 3. The first-order valence-electron chi connectivity index (χ1n) is 11.0. The van der Waals surface area contributed by atoms with Crippen molar-refractivity contribution >= 4 is 70.9 Å². The number of carboxylic acid groups (broad SMARTS) is 1. The number of carboxylic acids is 1. The number of aryl methyl sites for hydroxylation is 1. The third kappa shape index (κ3) is 6.31. The molecule has 0 amide bonds. The molecule has 0 fully saturated rings. The number of unbranched alkanes of at least 4 members (excludes halogenated alkanes) is 1. The number of aromatic nitrogens is 2. The molecule has 0 radical (unpaired) electrons. The summed E-state index contributed by atoms with van der Waals surface area (Å²) in [5, 5.41) is 14.2. The van der Waals surface area contributed by atoms with Crippen LogP contribution < -0.4 is 15.0 Å². The number of nitrogens with zero attached hydrogens (tertiary/aromatic N) is 3. The molecule has 0 saturated heterocycles. The Morgan fingerprint density at radius 2 is 1.97 bits per heavy atom. The van der Waals surface area contributed by atoms with Crippen molar-refractivity contribution in [3.8, 4) is 11.5 Å². The summed E-state index contributed by atoms with van der Waals surface area (Å²) in [6.07, 6.45) is 2.86. The van der Waals surface area contributed by atoms with Crippen molar-refractivity contribution in [2.45, 2.75) is 46.1 Å². The number of rotatable bonds is 10. The van der Waals surface area contributed by atoms with Gasteiger partial charge in [0.25, 0.3) is 5.56 Å². The summed E-state index contributed by atoms with van der Waals surface area (Å²) < 4.78 is 14.5. The van der Waals surface area contributed by atoms with Crippen LogP contribution >= 0.6 is 47.8 Å². The van der Waals surface area contributed by atoms with Crippen molar-refractivity contribution in [2.75, 3.05) is 6.61 Å². The largest absolute Gasteiger partial charge is 0.490 e. The van der Waals surface area contributed by atoms with Crippen LogP contribution in [0.1, 0.15) is 45.0 Å². The molecule has 2 aromatic carbocycles. The van der Waals surface area contributed by atoms with Crippen LogP contribution in [-0.4, -0.2) is 39.7 Å². The van der Waals surface area contributed by atoms with Gasteiger partial charge >= 0.3 is 5.97 Å². The molecule has 0 aliphatic rings. The van der Waals surface area contributed by atoms with Crippen LogP contribution in [0.15, 0.2) is 47.6 Å². The molecule has 0 bridgehead atoms. The second-order valence-corrected chi connectivity index (χ2v) is 10.1. The molecule has 186 valence electrons. The number of benzene rings is 2. The summed E-state index contributed by atoms with van der Waals surface area (Å²) in [7, 11) is 0. The van der Waals surface area contributed by atoms with Crippen LogP contribution in [0, 0.1) is 0 Å². The molecule has 0 saturated carbocycles. The van der Waals surface area contributed by atoms with E-state index in [-0.39, 0.29) is 11.3 Å². The predicted octanol–water partition coefficient (Wildman–Crippen LogP) is 6.16. The van der Waals surface area contributed by atoms with Crippen molar-refractivity contribution in [3.05, 3.63) is 59.4 Å². The van der Waals surface area contributed by atoms with Crippen LogP contribution in [0.25, 0.3) is 10.9 Å². The van der Waals surface area contributed by atoms with E-state index < -0.39 is 12.1 Å². The zero-order valence-corrected chi connectivity index (χ0v) is 24.1. The predicted molar refractivity (Wildman–Crippen MR) is 146 cm³/mol. The minimum absolute atomic E-state index is 0.254. The fourth-order valence-electron chi connectivity index (χ4n) is 3.23. The normalized spacial score (nSPS) is 12.3. The van der Waals surface area contributed by atoms with E-state index in [0.717, 1.165) is 17.3 Å². The molecule has 1 heterocycles. The minimum atomic E-state index is -1.10. The molecule has 1 aromatic heterocycles. The first kappa shape index (κ1) is 27.3. The maximum atomic E-state index is 13.3. The number of carbonyl (C=O) groups is 1. The summed E-state index contributed by atoms with van der Waals surface area (Å²) in [5.74, 6) is 0.0638. The molecule has 0 spiro atoms. The second-order valence-electron chi connectivity index (χ2n) is 7.61. The summed E-state index contributed by atoms with van der Waals surface area (Å²) in [4.78, 5) is 29.3. The lowest BCUT2D eigenvalue weighted by atomic mass is 10.2. The molecular weight excluding hydrogens is 650 g/mol. The molecule has 8 nitrogen and oxygen atoms in total. The molecule has 11 heteroatoms. The van der Waals surface area contributed by atoms with Gasteiger partial charge in [0.2, 0.25) is 0 Å². The summed E-state index contributed by atoms with van der Waals surface area (Å²) in [5.41, 5.74) is 0.944. The Bertz CT molecular complexity index is 1340. The molecule has 1 N–H and O–H groups in total. The van der Waals surface area contributed by atoms with Crippen molar-refractivity contribution < 1.29 is 19.4 Å². The van der Waals surface area contributed by atoms with E-state index in [1.54, 1.807) is 12.1 Å². The van der Waals surface area contributed by atoms with Crippen molar-refractivity contribution in [2.24, 2.45) is 5.10 Å². The van der Waals surface area contributed by atoms with Gasteiger partial charge in [-0.3, -0.25) is 4.79 Å². The number of hydrogen-bond donors (Lipinski definition) is 1. The second kappa shape index (κ2) is 12.1. The molecule has 0 unspecified atom stereocenters. The Labute approximate surface area is 227 Å². The number of hydrogen-bond acceptors (Lipinski definition) is 6. The van der Waals surface area contributed by atoms with Gasteiger partial charge in [-0.1, -0.05) is 29.3 Å². The van der Waals surface area contributed by atoms with E-state index in [1.165, 1.54) is 17.8 Å². The zero-order valence-electron chi connectivity index (χ0n) is 19.3. The number of fused-ring (bicyclic) bond motifs is 1. The quantitative estimate of drug-likeness (QED) is 0.259. The zero-order chi connectivity index (χ0) is 25.7. The molecule has 3 rings (SSSR count). The van der Waals surface area contributed by atoms with E-state index in [1.807, 2.05) is 19.1 Å². The van der Waals surface area contributed by atoms with Crippen molar-refractivity contribution in [3.63, 3.8) is 0 Å². The fourth-order valence-corrected chi connectivity index (χ4v) is 4.50. The average molecular weight is 674 g/mol. The highest BCUT2D eigenvalue weighted by Gasteiger charge is 2.22. The maximum Gasteiger partial charge on any atom is 0.344 e. The van der Waals surface area contributed by atoms with E-state index >= 15 is 0 Å². The van der Waals surface area contributed by atoms with E-state index in [9.17, 15) is 14.7 Å². The third-order valence-electron chi connectivity index (χ3n) is 5.04. The molecule has 1 atom stereocenters. The Morgan fingerprint density at radius 3 is 2.63 bits per heavy atom. The fraction of sp³-hybridized carbons (Fsp3) is 0.333. The summed E-state index contributed by atoms with van der Waals surface area (Å²) >= 11 is 10.4. The van der Waals surface area contributed by atoms with E-state index in [2.05, 4.69) is 64.8 Å². The lowest BCUT2D eigenvalue weighted by Crippen LogP contribution is -2.23. The van der Waals surface area contributed by atoms with E-state index in [4.69, 9.17) is 9.47 Å². The van der Waals surface area contributed by atoms with Crippen LogP contribution in [0.5, 0.6) is 11.5 Å². The maximum absolute atomic E-state index is 13.3. The highest BCUT2D eigenvalue weighted by atomic mass is 79.9. The monoisotopic (exact) mass is 671 g/mol. The van der Waals surface area contributed by atoms with E-state index in [0.29, 0.717) is 50.0 Å². The average Bonchev–Trinajstić information content (AvgIpc) is 2.82. The van der Waals surface area contributed by atoms with Crippen LogP contribution in [0.2, 0.25) is 0 Å². The van der Waals surface area contributed by atoms with Crippen molar-refractivity contribution in [1.29, 1.82) is 0 Å². The standard InChI is InChI=1S/C24H24Br3N3O5/c1-4-6-7-19-29-17-9-8-15(25)11-16(17)23(31)30(19)28-12-14-10-18(34-5-2)22(21(27)20(14)26)35-13(3)24(32)33/h8-13H,4-7H2,1-3H3,(H,32,33)/t13-/m1/s1. The minimum Gasteiger partial charge on any atom is -0.490 e. The van der Waals surface area contributed by atoms with Gasteiger partial charge in [-0.25, -0.2) is 9.78 Å². The van der Waals surface area contributed by atoms with Gasteiger partial charge in [-0.2, -0.15) is 9.78 Å². The van der Waals surface area contributed by atoms with Gasteiger partial charge < -0.3 is 14.6 Å². The van der Waals surface area contributed by atoms with Gasteiger partial charge in [-0.05, 0) is 76.4 Å². The molecular formula is C24H24Br3N3O5. The van der Waals surface area contributed by atoms with Crippen LogP contribution in [0.3, 0.4) is 0 Å². The Hall–Kier alpha value is -2.24. The Balaban J connectivity index is 2.13. The lowest BCUT2D eigenvalue weighted by Gasteiger charge is -2.18. The Kier molecular flexibility index (Phi) is 9.48. The first-order chi connectivity index (χ1) is 16.7.